The van der Waals surface area contributed by atoms with Crippen LogP contribution >= 0.6 is 27.7 Å². The highest BCUT2D eigenvalue weighted by Gasteiger charge is 2.13. The highest BCUT2D eigenvalue weighted by atomic mass is 79.9. The first kappa shape index (κ1) is 27.3. The minimum Gasteiger partial charge on any atom is -0.493 e. The summed E-state index contributed by atoms with van der Waals surface area (Å²) in [5.74, 6) is 1.54. The van der Waals surface area contributed by atoms with Gasteiger partial charge in [-0.05, 0) is 60.9 Å². The van der Waals surface area contributed by atoms with Crippen LogP contribution in [0.2, 0.25) is 0 Å². The number of anilines is 1. The van der Waals surface area contributed by atoms with E-state index in [9.17, 15) is 9.59 Å². The Hall–Kier alpha value is -3.31. The van der Waals surface area contributed by atoms with Crippen molar-refractivity contribution < 1.29 is 19.1 Å². The van der Waals surface area contributed by atoms with Crippen LogP contribution < -0.4 is 20.1 Å². The third-order valence-corrected chi connectivity index (χ3v) is 7.39. The predicted molar refractivity (Wildman–Crippen MR) is 144 cm³/mol. The standard InChI is InChI=1S/C25H28BrN5O4S/c1-15-16(2)19(9-8-18(15)26)28-24(33)14-36-25-30-29-22(31(25)3)13-27-23(32)11-7-17-6-10-20(34-4)21(12-17)35-5/h6-12H,13-14H2,1-5H3,(H,27,32)(H,28,33)/b11-7+. The average molecular weight is 575 g/mol. The predicted octanol–water partition coefficient (Wildman–Crippen LogP) is 4.27. The van der Waals surface area contributed by atoms with Crippen LogP contribution in [0.15, 0.2) is 46.0 Å². The number of carbonyl (C=O) groups excluding carboxylic acids is 2. The molecule has 3 rings (SSSR count). The van der Waals surface area contributed by atoms with Crippen molar-refractivity contribution in [2.45, 2.75) is 25.5 Å². The van der Waals surface area contributed by atoms with Crippen molar-refractivity contribution in [2.75, 3.05) is 25.3 Å². The van der Waals surface area contributed by atoms with Crippen molar-refractivity contribution in [3.05, 3.63) is 63.4 Å². The highest BCUT2D eigenvalue weighted by molar-refractivity contribution is 9.10. The largest absolute Gasteiger partial charge is 0.493 e. The van der Waals surface area contributed by atoms with Gasteiger partial charge in [-0.15, -0.1) is 10.2 Å². The van der Waals surface area contributed by atoms with Gasteiger partial charge in [-0.25, -0.2) is 0 Å². The molecule has 1 aromatic heterocycles. The van der Waals surface area contributed by atoms with Crippen LogP contribution in [0.1, 0.15) is 22.5 Å². The molecule has 0 aliphatic carbocycles. The second-order valence-electron chi connectivity index (χ2n) is 7.81. The Labute approximate surface area is 222 Å². The third kappa shape index (κ3) is 6.88. The van der Waals surface area contributed by atoms with Crippen molar-refractivity contribution >= 4 is 51.3 Å². The van der Waals surface area contributed by atoms with Gasteiger partial charge in [-0.2, -0.15) is 0 Å². The van der Waals surface area contributed by atoms with E-state index in [0.29, 0.717) is 22.5 Å². The Morgan fingerprint density at radius 1 is 1.08 bits per heavy atom. The summed E-state index contributed by atoms with van der Waals surface area (Å²) in [7, 11) is 4.92. The minimum atomic E-state index is -0.276. The molecule has 0 atom stereocenters. The Kier molecular flexibility index (Phi) is 9.54. The number of methoxy groups -OCH3 is 2. The number of hydrogen-bond acceptors (Lipinski definition) is 7. The summed E-state index contributed by atoms with van der Waals surface area (Å²) in [5, 5.41) is 14.6. The zero-order valence-electron chi connectivity index (χ0n) is 20.7. The van der Waals surface area contributed by atoms with Crippen LogP contribution in [0.25, 0.3) is 6.08 Å². The van der Waals surface area contributed by atoms with Gasteiger partial charge in [-0.1, -0.05) is 33.8 Å². The zero-order valence-corrected chi connectivity index (χ0v) is 23.1. The number of carbonyl (C=O) groups is 2. The summed E-state index contributed by atoms with van der Waals surface area (Å²) in [5.41, 5.74) is 3.68. The third-order valence-electron chi connectivity index (χ3n) is 5.51. The van der Waals surface area contributed by atoms with Crippen LogP contribution in [0, 0.1) is 13.8 Å². The van der Waals surface area contributed by atoms with Crippen LogP contribution in [0.5, 0.6) is 11.5 Å². The summed E-state index contributed by atoms with van der Waals surface area (Å²) in [4.78, 5) is 24.7. The first-order valence-corrected chi connectivity index (χ1v) is 12.8. The molecule has 2 N–H and O–H groups in total. The van der Waals surface area contributed by atoms with Gasteiger partial charge in [0.1, 0.15) is 0 Å². The number of nitrogens with one attached hydrogen (secondary N) is 2. The summed E-state index contributed by atoms with van der Waals surface area (Å²) in [6, 6.07) is 9.17. The second-order valence-corrected chi connectivity index (χ2v) is 9.60. The number of hydrogen-bond donors (Lipinski definition) is 2. The van der Waals surface area contributed by atoms with Crippen molar-refractivity contribution in [1.82, 2.24) is 20.1 Å². The van der Waals surface area contributed by atoms with E-state index in [0.717, 1.165) is 26.9 Å². The molecular formula is C25H28BrN5O4S. The molecule has 9 nitrogen and oxygen atoms in total. The molecule has 2 aromatic carbocycles. The van der Waals surface area contributed by atoms with Gasteiger partial charge in [0.15, 0.2) is 22.5 Å². The number of rotatable bonds is 10. The molecule has 0 bridgehead atoms. The molecule has 11 heteroatoms. The Bertz CT molecular complexity index is 1290. The molecule has 0 aliphatic heterocycles. The van der Waals surface area contributed by atoms with Crippen molar-refractivity contribution in [2.24, 2.45) is 7.05 Å². The molecule has 0 radical (unpaired) electrons. The Morgan fingerprint density at radius 3 is 2.56 bits per heavy atom. The SMILES string of the molecule is COc1ccc(/C=C/C(=O)NCc2nnc(SCC(=O)Nc3ccc(Br)c(C)c3C)n2C)cc1OC. The summed E-state index contributed by atoms with van der Waals surface area (Å²) in [6.07, 6.45) is 3.12. The monoisotopic (exact) mass is 573 g/mol. The van der Waals surface area contributed by atoms with Gasteiger partial charge in [0.2, 0.25) is 11.8 Å². The minimum absolute atomic E-state index is 0.136. The molecule has 190 valence electrons. The molecule has 0 saturated carbocycles. The van der Waals surface area contributed by atoms with E-state index in [-0.39, 0.29) is 24.1 Å². The van der Waals surface area contributed by atoms with Crippen LogP contribution in [0.4, 0.5) is 5.69 Å². The lowest BCUT2D eigenvalue weighted by atomic mass is 10.1. The lowest BCUT2D eigenvalue weighted by Crippen LogP contribution is -2.22. The number of benzene rings is 2. The van der Waals surface area contributed by atoms with Gasteiger partial charge in [-0.3, -0.25) is 9.59 Å². The first-order chi connectivity index (χ1) is 17.2. The Balaban J connectivity index is 1.51. The topological polar surface area (TPSA) is 107 Å². The van der Waals surface area contributed by atoms with Crippen molar-refractivity contribution in [3.63, 3.8) is 0 Å². The molecule has 3 aromatic rings. The molecule has 0 aliphatic rings. The Morgan fingerprint density at radius 2 is 1.83 bits per heavy atom. The molecule has 0 saturated heterocycles. The fraction of sp³-hybridized carbons (Fsp3) is 0.280. The van der Waals surface area contributed by atoms with E-state index in [1.165, 1.54) is 17.8 Å². The normalized spacial score (nSPS) is 10.9. The fourth-order valence-electron chi connectivity index (χ4n) is 3.22. The van der Waals surface area contributed by atoms with Gasteiger partial charge in [0.25, 0.3) is 0 Å². The van der Waals surface area contributed by atoms with Gasteiger partial charge < -0.3 is 24.7 Å². The number of ether oxygens (including phenoxy) is 2. The fourth-order valence-corrected chi connectivity index (χ4v) is 4.38. The first-order valence-electron chi connectivity index (χ1n) is 11.0. The molecule has 0 fully saturated rings. The number of thioether (sulfide) groups is 1. The molecule has 0 spiro atoms. The van der Waals surface area contributed by atoms with Crippen molar-refractivity contribution in [3.8, 4) is 11.5 Å². The number of nitrogens with zero attached hydrogens (tertiary/aromatic N) is 3. The summed E-state index contributed by atoms with van der Waals surface area (Å²) in [6.45, 7) is 4.16. The van der Waals surface area contributed by atoms with Crippen LogP contribution in [-0.4, -0.2) is 46.6 Å². The zero-order chi connectivity index (χ0) is 26.2. The highest BCUT2D eigenvalue weighted by Crippen LogP contribution is 2.28. The van der Waals surface area contributed by atoms with E-state index >= 15 is 0 Å². The van der Waals surface area contributed by atoms with Crippen molar-refractivity contribution in [1.29, 1.82) is 0 Å². The molecule has 36 heavy (non-hydrogen) atoms. The molecule has 0 unspecified atom stereocenters. The maximum Gasteiger partial charge on any atom is 0.244 e. The quantitative estimate of drug-likeness (QED) is 0.275. The maximum atomic E-state index is 12.5. The van der Waals surface area contributed by atoms with Gasteiger partial charge in [0.05, 0.1) is 26.5 Å². The lowest BCUT2D eigenvalue weighted by molar-refractivity contribution is -0.116. The average Bonchev–Trinajstić information content (AvgIpc) is 3.24. The molecular weight excluding hydrogens is 546 g/mol. The summed E-state index contributed by atoms with van der Waals surface area (Å²) < 4.78 is 13.3. The number of halogens is 1. The smallest absolute Gasteiger partial charge is 0.244 e. The van der Waals surface area contributed by atoms with Gasteiger partial charge >= 0.3 is 0 Å². The molecule has 2 amide bonds. The van der Waals surface area contributed by atoms with E-state index in [1.807, 2.05) is 32.0 Å². The van der Waals surface area contributed by atoms with Crippen LogP contribution in [-0.2, 0) is 23.2 Å². The second kappa shape index (κ2) is 12.6. The van der Waals surface area contributed by atoms with E-state index < -0.39 is 0 Å². The van der Waals surface area contributed by atoms with Gasteiger partial charge in [0, 0.05) is 23.3 Å². The van der Waals surface area contributed by atoms with Crippen LogP contribution in [0.3, 0.4) is 0 Å². The molecule has 1 heterocycles. The lowest BCUT2D eigenvalue weighted by Gasteiger charge is -2.11. The van der Waals surface area contributed by atoms with E-state index in [1.54, 1.807) is 44.0 Å². The maximum absolute atomic E-state index is 12.5. The van der Waals surface area contributed by atoms with E-state index in [2.05, 4.69) is 36.8 Å². The number of amides is 2. The summed E-state index contributed by atoms with van der Waals surface area (Å²) >= 11 is 4.77. The number of aromatic nitrogens is 3. The van der Waals surface area contributed by atoms with E-state index in [4.69, 9.17) is 9.47 Å².